The fourth-order valence-corrected chi connectivity index (χ4v) is 4.12. The number of anilines is 1. The van der Waals surface area contributed by atoms with Gasteiger partial charge in [-0.25, -0.2) is 9.97 Å². The number of aromatic amines is 1. The van der Waals surface area contributed by atoms with Crippen molar-refractivity contribution in [1.29, 1.82) is 0 Å². The number of primary amides is 1. The molecule has 0 unspecified atom stereocenters. The van der Waals surface area contributed by atoms with E-state index in [-0.39, 0.29) is 11.3 Å². The molecule has 1 aliphatic heterocycles. The molecule has 3 N–H and O–H groups in total. The summed E-state index contributed by atoms with van der Waals surface area (Å²) in [7, 11) is 0. The Bertz CT molecular complexity index is 991. The van der Waals surface area contributed by atoms with Crippen LogP contribution in [0.2, 0.25) is 5.02 Å². The summed E-state index contributed by atoms with van der Waals surface area (Å²) in [4.78, 5) is 25.9. The standard InChI is InChI=1S/C20H22ClN5O/c1-20(10-16(22)27)5-7-26(8-6-20)19-17-15(11-23-18(17)24-12-25-19)13-3-2-4-14(21)9-13/h2-4,9,11-12H,5-8,10H2,1H3,(H2,22,27)(H,23,24,25). The molecule has 3 heterocycles. The van der Waals surface area contributed by atoms with Crippen LogP contribution in [0.3, 0.4) is 0 Å². The molecule has 0 radical (unpaired) electrons. The number of hydrogen-bond donors (Lipinski definition) is 2. The molecular formula is C20H22ClN5O. The first-order valence-corrected chi connectivity index (χ1v) is 9.44. The van der Waals surface area contributed by atoms with Gasteiger partial charge in [-0.2, -0.15) is 0 Å². The van der Waals surface area contributed by atoms with Gasteiger partial charge in [-0.15, -0.1) is 0 Å². The molecule has 0 bridgehead atoms. The third-order valence-electron chi connectivity index (χ3n) is 5.46. The van der Waals surface area contributed by atoms with Crippen molar-refractivity contribution in [2.75, 3.05) is 18.0 Å². The van der Waals surface area contributed by atoms with Crippen LogP contribution in [-0.2, 0) is 4.79 Å². The molecule has 1 aromatic carbocycles. The zero-order valence-corrected chi connectivity index (χ0v) is 16.0. The number of halogens is 1. The van der Waals surface area contributed by atoms with Gasteiger partial charge in [-0.05, 0) is 36.0 Å². The molecule has 6 nitrogen and oxygen atoms in total. The molecule has 0 aliphatic carbocycles. The van der Waals surface area contributed by atoms with Crippen LogP contribution in [0.5, 0.6) is 0 Å². The average molecular weight is 384 g/mol. The highest BCUT2D eigenvalue weighted by Crippen LogP contribution is 2.39. The lowest BCUT2D eigenvalue weighted by Gasteiger charge is -2.39. The second kappa shape index (κ2) is 6.85. The molecule has 0 spiro atoms. The average Bonchev–Trinajstić information content (AvgIpc) is 3.06. The number of aromatic nitrogens is 3. The first kappa shape index (κ1) is 17.8. The van der Waals surface area contributed by atoms with E-state index in [1.165, 1.54) is 0 Å². The summed E-state index contributed by atoms with van der Waals surface area (Å²) >= 11 is 6.18. The van der Waals surface area contributed by atoms with Crippen LogP contribution >= 0.6 is 11.6 Å². The normalized spacial score (nSPS) is 16.6. The maximum absolute atomic E-state index is 11.4. The topological polar surface area (TPSA) is 87.9 Å². The second-order valence-corrected chi connectivity index (χ2v) is 8.01. The maximum atomic E-state index is 11.4. The number of carbonyl (C=O) groups is 1. The maximum Gasteiger partial charge on any atom is 0.217 e. The Morgan fingerprint density at radius 3 is 2.81 bits per heavy atom. The van der Waals surface area contributed by atoms with Gasteiger partial charge in [0.2, 0.25) is 5.91 Å². The van der Waals surface area contributed by atoms with Gasteiger partial charge in [0.05, 0.1) is 5.39 Å². The van der Waals surface area contributed by atoms with E-state index in [0.29, 0.717) is 11.4 Å². The van der Waals surface area contributed by atoms with Gasteiger partial charge in [-0.1, -0.05) is 30.7 Å². The van der Waals surface area contributed by atoms with Crippen molar-refractivity contribution in [3.05, 3.63) is 41.8 Å². The molecule has 4 rings (SSSR count). The summed E-state index contributed by atoms with van der Waals surface area (Å²) < 4.78 is 0. The Kier molecular flexibility index (Phi) is 4.52. The Morgan fingerprint density at radius 2 is 2.11 bits per heavy atom. The Morgan fingerprint density at radius 1 is 1.33 bits per heavy atom. The van der Waals surface area contributed by atoms with Gasteiger partial charge in [0.1, 0.15) is 17.8 Å². The summed E-state index contributed by atoms with van der Waals surface area (Å²) in [6.45, 7) is 3.80. The Labute approximate surface area is 162 Å². The van der Waals surface area contributed by atoms with E-state index in [9.17, 15) is 4.79 Å². The fraction of sp³-hybridized carbons (Fsp3) is 0.350. The van der Waals surface area contributed by atoms with E-state index in [1.54, 1.807) is 6.33 Å². The van der Waals surface area contributed by atoms with E-state index >= 15 is 0 Å². The number of fused-ring (bicyclic) bond motifs is 1. The molecule has 2 aromatic heterocycles. The minimum atomic E-state index is -0.232. The van der Waals surface area contributed by atoms with E-state index in [2.05, 4.69) is 26.8 Å². The summed E-state index contributed by atoms with van der Waals surface area (Å²) in [6, 6.07) is 7.78. The number of rotatable bonds is 4. The van der Waals surface area contributed by atoms with Crippen LogP contribution in [-0.4, -0.2) is 33.9 Å². The summed E-state index contributed by atoms with van der Waals surface area (Å²) in [5.41, 5.74) is 8.25. The van der Waals surface area contributed by atoms with Crippen LogP contribution in [0.15, 0.2) is 36.8 Å². The molecule has 0 atom stereocenters. The lowest BCUT2D eigenvalue weighted by molar-refractivity contribution is -0.120. The molecule has 27 heavy (non-hydrogen) atoms. The van der Waals surface area contributed by atoms with Crippen molar-refractivity contribution in [2.45, 2.75) is 26.2 Å². The highest BCUT2D eigenvalue weighted by Gasteiger charge is 2.33. The van der Waals surface area contributed by atoms with Gasteiger partial charge in [0.15, 0.2) is 0 Å². The molecule has 1 amide bonds. The minimum absolute atomic E-state index is 0.0393. The molecule has 1 saturated heterocycles. The predicted octanol–water partition coefficient (Wildman–Crippen LogP) is 3.76. The van der Waals surface area contributed by atoms with Crippen molar-refractivity contribution in [3.63, 3.8) is 0 Å². The molecule has 1 fully saturated rings. The van der Waals surface area contributed by atoms with E-state index in [4.69, 9.17) is 17.3 Å². The minimum Gasteiger partial charge on any atom is -0.370 e. The zero-order valence-electron chi connectivity index (χ0n) is 15.2. The van der Waals surface area contributed by atoms with Crippen LogP contribution in [0.4, 0.5) is 5.82 Å². The van der Waals surface area contributed by atoms with E-state index in [1.807, 2.05) is 30.5 Å². The number of nitrogens with zero attached hydrogens (tertiary/aromatic N) is 3. The Balaban J connectivity index is 1.69. The number of nitrogens with two attached hydrogens (primary N) is 1. The number of amides is 1. The fourth-order valence-electron chi connectivity index (χ4n) is 3.93. The van der Waals surface area contributed by atoms with E-state index < -0.39 is 0 Å². The largest absolute Gasteiger partial charge is 0.370 e. The highest BCUT2D eigenvalue weighted by molar-refractivity contribution is 6.31. The van der Waals surface area contributed by atoms with Gasteiger partial charge in [0, 0.05) is 36.3 Å². The first-order chi connectivity index (χ1) is 13.0. The van der Waals surface area contributed by atoms with Crippen LogP contribution in [0, 0.1) is 5.41 Å². The summed E-state index contributed by atoms with van der Waals surface area (Å²) in [5, 5.41) is 1.69. The highest BCUT2D eigenvalue weighted by atomic mass is 35.5. The number of carbonyl (C=O) groups excluding carboxylic acids is 1. The quantitative estimate of drug-likeness (QED) is 0.718. The molecule has 1 aliphatic rings. The third kappa shape index (κ3) is 3.49. The molecule has 140 valence electrons. The Hall–Kier alpha value is -2.60. The second-order valence-electron chi connectivity index (χ2n) is 7.57. The number of hydrogen-bond acceptors (Lipinski definition) is 4. The number of nitrogens with one attached hydrogen (secondary N) is 1. The SMILES string of the molecule is CC1(CC(N)=O)CCN(c2ncnc3[nH]cc(-c4cccc(Cl)c4)c23)CC1. The summed E-state index contributed by atoms with van der Waals surface area (Å²) in [6.07, 6.45) is 5.78. The first-order valence-electron chi connectivity index (χ1n) is 9.06. The lowest BCUT2D eigenvalue weighted by Crippen LogP contribution is -2.41. The third-order valence-corrected chi connectivity index (χ3v) is 5.69. The van der Waals surface area contributed by atoms with Crippen LogP contribution in [0.1, 0.15) is 26.2 Å². The van der Waals surface area contributed by atoms with Gasteiger partial charge < -0.3 is 15.6 Å². The predicted molar refractivity (Wildman–Crippen MR) is 108 cm³/mol. The summed E-state index contributed by atoms with van der Waals surface area (Å²) in [5.74, 6) is 0.682. The van der Waals surface area contributed by atoms with Crippen molar-refractivity contribution >= 4 is 34.4 Å². The smallest absolute Gasteiger partial charge is 0.217 e. The molecule has 7 heteroatoms. The van der Waals surface area contributed by atoms with Crippen LogP contribution in [0.25, 0.3) is 22.2 Å². The number of piperidine rings is 1. The molecular weight excluding hydrogens is 362 g/mol. The van der Waals surface area contributed by atoms with Gasteiger partial charge >= 0.3 is 0 Å². The van der Waals surface area contributed by atoms with Crippen LogP contribution < -0.4 is 10.6 Å². The van der Waals surface area contributed by atoms with Crippen molar-refractivity contribution < 1.29 is 4.79 Å². The zero-order chi connectivity index (χ0) is 19.0. The monoisotopic (exact) mass is 383 g/mol. The van der Waals surface area contributed by atoms with E-state index in [0.717, 1.165) is 53.9 Å². The van der Waals surface area contributed by atoms with Gasteiger partial charge in [-0.3, -0.25) is 4.79 Å². The number of H-pyrrole nitrogens is 1. The molecule has 3 aromatic rings. The van der Waals surface area contributed by atoms with Gasteiger partial charge in [0.25, 0.3) is 0 Å². The van der Waals surface area contributed by atoms with Crippen molar-refractivity contribution in [2.24, 2.45) is 11.1 Å². The number of benzene rings is 1. The lowest BCUT2D eigenvalue weighted by atomic mass is 9.77. The van der Waals surface area contributed by atoms with Crippen molar-refractivity contribution in [3.8, 4) is 11.1 Å². The van der Waals surface area contributed by atoms with Crippen molar-refractivity contribution in [1.82, 2.24) is 15.0 Å². The molecule has 0 saturated carbocycles.